The molecule has 0 atom stereocenters. The van der Waals surface area contributed by atoms with Gasteiger partial charge in [0.15, 0.2) is 0 Å². The lowest BCUT2D eigenvalue weighted by Gasteiger charge is -2.09. The molecule has 0 aliphatic rings. The standard InChI is InChI=1S/C11H7Cl2FN2O/c1-17-8-4-2-3-6(14)10(8)7-5-9(12)16-11(13)15-7/h2-5H,1H3. The number of rotatable bonds is 2. The molecule has 1 aromatic heterocycles. The molecule has 0 aliphatic heterocycles. The molecule has 0 aliphatic carbocycles. The first-order valence-corrected chi connectivity index (χ1v) is 5.40. The molecule has 6 heteroatoms. The van der Waals surface area contributed by atoms with Crippen molar-refractivity contribution in [3.8, 4) is 17.0 Å². The van der Waals surface area contributed by atoms with Crippen LogP contribution in [0.5, 0.6) is 5.75 Å². The average molecular weight is 273 g/mol. The first kappa shape index (κ1) is 12.1. The van der Waals surface area contributed by atoms with Crippen LogP contribution in [-0.4, -0.2) is 17.1 Å². The first-order valence-electron chi connectivity index (χ1n) is 4.65. The number of halogens is 3. The van der Waals surface area contributed by atoms with Gasteiger partial charge in [0.2, 0.25) is 5.28 Å². The summed E-state index contributed by atoms with van der Waals surface area (Å²) in [6.45, 7) is 0. The third kappa shape index (κ3) is 2.48. The van der Waals surface area contributed by atoms with E-state index in [1.807, 2.05) is 0 Å². The van der Waals surface area contributed by atoms with Crippen molar-refractivity contribution in [1.29, 1.82) is 0 Å². The summed E-state index contributed by atoms with van der Waals surface area (Å²) in [6, 6.07) is 5.90. The molecule has 3 nitrogen and oxygen atoms in total. The lowest BCUT2D eigenvalue weighted by Crippen LogP contribution is -1.95. The minimum Gasteiger partial charge on any atom is -0.496 e. The van der Waals surface area contributed by atoms with E-state index in [1.54, 1.807) is 12.1 Å². The Morgan fingerprint density at radius 3 is 2.65 bits per heavy atom. The van der Waals surface area contributed by atoms with Gasteiger partial charge in [0.1, 0.15) is 16.7 Å². The van der Waals surface area contributed by atoms with Gasteiger partial charge in [-0.2, -0.15) is 0 Å². The Morgan fingerprint density at radius 1 is 1.24 bits per heavy atom. The number of benzene rings is 1. The smallest absolute Gasteiger partial charge is 0.224 e. The van der Waals surface area contributed by atoms with Gasteiger partial charge in [0.25, 0.3) is 0 Å². The Labute approximate surface area is 107 Å². The fourth-order valence-electron chi connectivity index (χ4n) is 1.44. The fraction of sp³-hybridized carbons (Fsp3) is 0.0909. The minimum absolute atomic E-state index is 0.0437. The number of hydrogen-bond acceptors (Lipinski definition) is 3. The number of nitrogens with zero attached hydrogens (tertiary/aromatic N) is 2. The summed E-state index contributed by atoms with van der Waals surface area (Å²) >= 11 is 11.4. The highest BCUT2D eigenvalue weighted by molar-refractivity contribution is 6.32. The molecule has 0 N–H and O–H groups in total. The van der Waals surface area contributed by atoms with E-state index in [9.17, 15) is 4.39 Å². The van der Waals surface area contributed by atoms with Gasteiger partial charge in [-0.3, -0.25) is 0 Å². The number of methoxy groups -OCH3 is 1. The number of ether oxygens (including phenoxy) is 1. The predicted octanol–water partition coefficient (Wildman–Crippen LogP) is 3.60. The Morgan fingerprint density at radius 2 is 2.00 bits per heavy atom. The molecular formula is C11H7Cl2FN2O. The van der Waals surface area contributed by atoms with Gasteiger partial charge in [0, 0.05) is 6.07 Å². The summed E-state index contributed by atoms with van der Waals surface area (Å²) in [4.78, 5) is 7.63. The van der Waals surface area contributed by atoms with E-state index >= 15 is 0 Å². The summed E-state index contributed by atoms with van der Waals surface area (Å²) in [6.07, 6.45) is 0. The molecule has 17 heavy (non-hydrogen) atoms. The lowest BCUT2D eigenvalue weighted by molar-refractivity contribution is 0.413. The summed E-state index contributed by atoms with van der Waals surface area (Å²) in [5.74, 6) is -0.106. The zero-order chi connectivity index (χ0) is 12.4. The molecule has 88 valence electrons. The SMILES string of the molecule is COc1cccc(F)c1-c1cc(Cl)nc(Cl)n1. The maximum Gasteiger partial charge on any atom is 0.224 e. The molecule has 0 saturated carbocycles. The van der Waals surface area contributed by atoms with Crippen molar-refractivity contribution < 1.29 is 9.13 Å². The van der Waals surface area contributed by atoms with Gasteiger partial charge in [-0.1, -0.05) is 17.7 Å². The monoisotopic (exact) mass is 272 g/mol. The second-order valence-corrected chi connectivity index (χ2v) is 3.89. The van der Waals surface area contributed by atoms with Gasteiger partial charge in [-0.25, -0.2) is 14.4 Å². The van der Waals surface area contributed by atoms with Gasteiger partial charge in [-0.05, 0) is 23.7 Å². The topological polar surface area (TPSA) is 35.0 Å². The molecule has 0 amide bonds. The van der Waals surface area contributed by atoms with Crippen LogP contribution in [0.2, 0.25) is 10.4 Å². The van der Waals surface area contributed by atoms with Crippen molar-refractivity contribution in [1.82, 2.24) is 9.97 Å². The maximum atomic E-state index is 13.8. The number of aromatic nitrogens is 2. The molecule has 0 saturated heterocycles. The first-order chi connectivity index (χ1) is 8.11. The quantitative estimate of drug-likeness (QED) is 0.619. The summed E-state index contributed by atoms with van der Waals surface area (Å²) in [7, 11) is 1.45. The Bertz CT molecular complexity index is 543. The van der Waals surface area contributed by atoms with Crippen molar-refractivity contribution >= 4 is 23.2 Å². The van der Waals surface area contributed by atoms with Crippen LogP contribution in [0.4, 0.5) is 4.39 Å². The van der Waals surface area contributed by atoms with Crippen molar-refractivity contribution in [2.45, 2.75) is 0 Å². The van der Waals surface area contributed by atoms with Crippen molar-refractivity contribution in [3.05, 3.63) is 40.5 Å². The van der Waals surface area contributed by atoms with E-state index in [1.165, 1.54) is 19.2 Å². The van der Waals surface area contributed by atoms with Crippen LogP contribution in [0.1, 0.15) is 0 Å². The highest BCUT2D eigenvalue weighted by Crippen LogP contribution is 2.32. The third-order valence-corrected chi connectivity index (χ3v) is 2.48. The maximum absolute atomic E-state index is 13.8. The van der Waals surface area contributed by atoms with E-state index in [4.69, 9.17) is 27.9 Å². The molecule has 1 aromatic carbocycles. The summed E-state index contributed by atoms with van der Waals surface area (Å²) in [5, 5.41) is 0.100. The Balaban J connectivity index is 2.67. The highest BCUT2D eigenvalue weighted by atomic mass is 35.5. The number of hydrogen-bond donors (Lipinski definition) is 0. The third-order valence-electron chi connectivity index (χ3n) is 2.12. The largest absolute Gasteiger partial charge is 0.496 e. The second kappa shape index (κ2) is 4.85. The van der Waals surface area contributed by atoms with Crippen LogP contribution in [-0.2, 0) is 0 Å². The molecular weight excluding hydrogens is 266 g/mol. The molecule has 0 fully saturated rings. The highest BCUT2D eigenvalue weighted by Gasteiger charge is 2.14. The van der Waals surface area contributed by atoms with Crippen LogP contribution < -0.4 is 4.74 Å². The molecule has 0 unspecified atom stereocenters. The minimum atomic E-state index is -0.463. The van der Waals surface area contributed by atoms with Crippen LogP contribution in [0.3, 0.4) is 0 Å². The van der Waals surface area contributed by atoms with E-state index in [-0.39, 0.29) is 21.7 Å². The van der Waals surface area contributed by atoms with Crippen molar-refractivity contribution in [3.63, 3.8) is 0 Å². The molecule has 2 aromatic rings. The zero-order valence-electron chi connectivity index (χ0n) is 8.75. The van der Waals surface area contributed by atoms with E-state index in [0.717, 1.165) is 0 Å². The molecule has 0 radical (unpaired) electrons. The molecule has 0 bridgehead atoms. The van der Waals surface area contributed by atoms with Gasteiger partial charge >= 0.3 is 0 Å². The Kier molecular flexibility index (Phi) is 3.45. The Hall–Kier alpha value is -1.39. The fourth-order valence-corrected chi connectivity index (χ4v) is 1.85. The van der Waals surface area contributed by atoms with Gasteiger partial charge < -0.3 is 4.74 Å². The second-order valence-electron chi connectivity index (χ2n) is 3.16. The van der Waals surface area contributed by atoms with E-state index in [0.29, 0.717) is 5.75 Å². The average Bonchev–Trinajstić information content (AvgIpc) is 2.27. The summed E-state index contributed by atoms with van der Waals surface area (Å²) < 4.78 is 18.8. The van der Waals surface area contributed by atoms with E-state index in [2.05, 4.69) is 9.97 Å². The predicted molar refractivity (Wildman–Crippen MR) is 64.0 cm³/mol. The molecule has 1 heterocycles. The normalized spacial score (nSPS) is 10.4. The van der Waals surface area contributed by atoms with Crippen LogP contribution >= 0.6 is 23.2 Å². The molecule has 0 spiro atoms. The zero-order valence-corrected chi connectivity index (χ0v) is 10.3. The van der Waals surface area contributed by atoms with Crippen molar-refractivity contribution in [2.75, 3.05) is 7.11 Å². The van der Waals surface area contributed by atoms with Crippen LogP contribution in [0, 0.1) is 5.82 Å². The van der Waals surface area contributed by atoms with E-state index < -0.39 is 5.82 Å². The van der Waals surface area contributed by atoms with Crippen LogP contribution in [0.15, 0.2) is 24.3 Å². The van der Waals surface area contributed by atoms with Crippen molar-refractivity contribution in [2.24, 2.45) is 0 Å². The van der Waals surface area contributed by atoms with Gasteiger partial charge in [0.05, 0.1) is 18.4 Å². The summed E-state index contributed by atoms with van der Waals surface area (Å²) in [5.41, 5.74) is 0.492. The lowest BCUT2D eigenvalue weighted by atomic mass is 10.1. The van der Waals surface area contributed by atoms with Gasteiger partial charge in [-0.15, -0.1) is 0 Å². The molecule has 2 rings (SSSR count). The van der Waals surface area contributed by atoms with Crippen LogP contribution in [0.25, 0.3) is 11.3 Å².